The van der Waals surface area contributed by atoms with Gasteiger partial charge >= 0.3 is 0 Å². The average molecular weight is 287 g/mol. The number of nitrogens with zero attached hydrogens (tertiary/aromatic N) is 3. The van der Waals surface area contributed by atoms with Gasteiger partial charge < -0.3 is 15.5 Å². The quantitative estimate of drug-likeness (QED) is 0.648. The van der Waals surface area contributed by atoms with Gasteiger partial charge in [-0.2, -0.15) is 0 Å². The van der Waals surface area contributed by atoms with Crippen LogP contribution in [0.2, 0.25) is 0 Å². The minimum absolute atomic E-state index is 0.124. The Labute approximate surface area is 126 Å². The smallest absolute Gasteiger partial charge is 0.139 e. The number of anilines is 1. The Morgan fingerprint density at radius 3 is 2.95 bits per heavy atom. The first-order valence-electron chi connectivity index (χ1n) is 7.85. The molecular weight excluding hydrogens is 262 g/mol. The van der Waals surface area contributed by atoms with Crippen LogP contribution < -0.4 is 10.6 Å². The monoisotopic (exact) mass is 287 g/mol. The zero-order chi connectivity index (χ0) is 15.0. The number of nitrogens with two attached hydrogens (primary N) is 1. The van der Waals surface area contributed by atoms with Crippen molar-refractivity contribution in [2.75, 3.05) is 32.1 Å². The van der Waals surface area contributed by atoms with Gasteiger partial charge in [0, 0.05) is 25.3 Å². The highest BCUT2D eigenvalue weighted by atomic mass is 15.2. The Bertz CT molecular complexity index is 554. The molecule has 1 aromatic heterocycles. The second kappa shape index (κ2) is 5.64. The highest BCUT2D eigenvalue weighted by Crippen LogP contribution is 2.27. The number of hydrogen-bond acceptors (Lipinski definition) is 4. The van der Waals surface area contributed by atoms with Gasteiger partial charge in [0.25, 0.3) is 0 Å². The molecule has 1 atom stereocenters. The van der Waals surface area contributed by atoms with Crippen molar-refractivity contribution >= 4 is 11.7 Å². The number of likely N-dealkylation sites (tertiary alicyclic amines) is 1. The second-order valence-electron chi connectivity index (χ2n) is 6.39. The fourth-order valence-electron chi connectivity index (χ4n) is 3.56. The van der Waals surface area contributed by atoms with E-state index in [0.29, 0.717) is 6.04 Å². The molecule has 3 N–H and O–H groups in total. The lowest BCUT2D eigenvalue weighted by Gasteiger charge is -2.28. The lowest BCUT2D eigenvalue weighted by Crippen LogP contribution is -2.38. The molecule has 0 radical (unpaired) electrons. The minimum Gasteiger partial charge on any atom is -0.384 e. The van der Waals surface area contributed by atoms with Gasteiger partial charge in [0.05, 0.1) is 5.56 Å². The number of fused-ring (bicyclic) bond motifs is 1. The van der Waals surface area contributed by atoms with Gasteiger partial charge in [-0.3, -0.25) is 5.41 Å². The topological polar surface area (TPSA) is 69.2 Å². The molecular formula is C16H25N5. The standard InChI is InChI=1S/C16H25N5/c1-20-8-4-6-12(20)10-21(2)16-13(15(17)18)9-11-5-3-7-14(11)19-16/h9,12H,3-8,10H2,1-2H3,(H3,17,18). The number of amidine groups is 1. The third-order valence-electron chi connectivity index (χ3n) is 4.84. The fourth-order valence-corrected chi connectivity index (χ4v) is 3.56. The van der Waals surface area contributed by atoms with Crippen molar-refractivity contribution in [3.63, 3.8) is 0 Å². The molecule has 1 aromatic rings. The molecule has 21 heavy (non-hydrogen) atoms. The molecule has 0 aromatic carbocycles. The van der Waals surface area contributed by atoms with Crippen LogP contribution in [0.15, 0.2) is 6.07 Å². The van der Waals surface area contributed by atoms with Gasteiger partial charge in [-0.25, -0.2) is 4.98 Å². The van der Waals surface area contributed by atoms with Gasteiger partial charge in [0.2, 0.25) is 0 Å². The van der Waals surface area contributed by atoms with E-state index in [1.807, 2.05) is 0 Å². The van der Waals surface area contributed by atoms with Crippen LogP contribution in [0.3, 0.4) is 0 Å². The van der Waals surface area contributed by atoms with Crippen LogP contribution in [-0.4, -0.2) is 48.9 Å². The molecule has 0 amide bonds. The van der Waals surface area contributed by atoms with Crippen molar-refractivity contribution in [1.82, 2.24) is 9.88 Å². The van der Waals surface area contributed by atoms with Crippen LogP contribution in [0.4, 0.5) is 5.82 Å². The zero-order valence-corrected chi connectivity index (χ0v) is 13.0. The van der Waals surface area contributed by atoms with Crippen molar-refractivity contribution in [3.05, 3.63) is 22.9 Å². The number of nitrogen functional groups attached to an aromatic ring is 1. The first-order valence-corrected chi connectivity index (χ1v) is 7.85. The number of rotatable bonds is 4. The van der Waals surface area contributed by atoms with E-state index in [2.05, 4.69) is 30.0 Å². The molecule has 114 valence electrons. The molecule has 0 saturated carbocycles. The van der Waals surface area contributed by atoms with Gasteiger partial charge in [-0.05, 0) is 57.3 Å². The normalized spacial score (nSPS) is 21.5. The Balaban J connectivity index is 1.87. The summed E-state index contributed by atoms with van der Waals surface area (Å²) in [5.74, 6) is 1.00. The van der Waals surface area contributed by atoms with E-state index in [1.165, 1.54) is 30.6 Å². The maximum absolute atomic E-state index is 7.86. The number of aromatic nitrogens is 1. The molecule has 1 unspecified atom stereocenters. The Morgan fingerprint density at radius 1 is 1.48 bits per heavy atom. The minimum atomic E-state index is 0.124. The molecule has 1 aliphatic carbocycles. The molecule has 3 rings (SSSR count). The van der Waals surface area contributed by atoms with E-state index >= 15 is 0 Å². The van der Waals surface area contributed by atoms with E-state index in [0.717, 1.165) is 37.2 Å². The molecule has 5 heteroatoms. The largest absolute Gasteiger partial charge is 0.384 e. The predicted octanol–water partition coefficient (Wildman–Crippen LogP) is 1.38. The molecule has 1 aliphatic heterocycles. The van der Waals surface area contributed by atoms with Crippen LogP contribution in [0, 0.1) is 5.41 Å². The molecule has 1 fully saturated rings. The van der Waals surface area contributed by atoms with Crippen molar-refractivity contribution in [3.8, 4) is 0 Å². The summed E-state index contributed by atoms with van der Waals surface area (Å²) in [6, 6.07) is 2.66. The van der Waals surface area contributed by atoms with Crippen molar-refractivity contribution in [1.29, 1.82) is 5.41 Å². The number of pyridine rings is 1. The first-order chi connectivity index (χ1) is 10.1. The number of nitrogens with one attached hydrogen (secondary N) is 1. The molecule has 0 spiro atoms. The molecule has 1 saturated heterocycles. The van der Waals surface area contributed by atoms with Gasteiger partial charge in [0.1, 0.15) is 11.7 Å². The van der Waals surface area contributed by atoms with Gasteiger partial charge in [-0.1, -0.05) is 0 Å². The maximum Gasteiger partial charge on any atom is 0.139 e. The van der Waals surface area contributed by atoms with E-state index in [1.54, 1.807) is 0 Å². The molecule has 5 nitrogen and oxygen atoms in total. The third-order valence-corrected chi connectivity index (χ3v) is 4.84. The summed E-state index contributed by atoms with van der Waals surface area (Å²) in [6.45, 7) is 2.12. The lowest BCUT2D eigenvalue weighted by molar-refractivity contribution is 0.314. The number of likely N-dealkylation sites (N-methyl/N-ethyl adjacent to an activating group) is 2. The fraction of sp³-hybridized carbons (Fsp3) is 0.625. The van der Waals surface area contributed by atoms with Crippen LogP contribution in [-0.2, 0) is 12.8 Å². The summed E-state index contributed by atoms with van der Waals surface area (Å²) >= 11 is 0. The SMILES string of the molecule is CN(CC1CCCN1C)c1nc2c(cc1C(=N)N)CCC2. The van der Waals surface area contributed by atoms with Crippen LogP contribution >= 0.6 is 0 Å². The average Bonchev–Trinajstić information content (AvgIpc) is 3.06. The summed E-state index contributed by atoms with van der Waals surface area (Å²) in [4.78, 5) is 9.42. The van der Waals surface area contributed by atoms with Crippen LogP contribution in [0.1, 0.15) is 36.1 Å². The van der Waals surface area contributed by atoms with Crippen LogP contribution in [0.25, 0.3) is 0 Å². The van der Waals surface area contributed by atoms with Gasteiger partial charge in [-0.15, -0.1) is 0 Å². The third kappa shape index (κ3) is 2.75. The van der Waals surface area contributed by atoms with E-state index in [-0.39, 0.29) is 5.84 Å². The van der Waals surface area contributed by atoms with Crippen molar-refractivity contribution in [2.45, 2.75) is 38.1 Å². The van der Waals surface area contributed by atoms with Crippen LogP contribution in [0.5, 0.6) is 0 Å². The molecule has 2 heterocycles. The Hall–Kier alpha value is -1.62. The highest BCUT2D eigenvalue weighted by Gasteiger charge is 2.25. The number of aryl methyl sites for hydroxylation is 2. The Morgan fingerprint density at radius 2 is 2.29 bits per heavy atom. The van der Waals surface area contributed by atoms with Crippen molar-refractivity contribution < 1.29 is 0 Å². The van der Waals surface area contributed by atoms with E-state index < -0.39 is 0 Å². The van der Waals surface area contributed by atoms with Crippen molar-refractivity contribution in [2.24, 2.45) is 5.73 Å². The molecule has 2 aliphatic rings. The maximum atomic E-state index is 7.86. The second-order valence-corrected chi connectivity index (χ2v) is 6.39. The van der Waals surface area contributed by atoms with E-state index in [4.69, 9.17) is 16.1 Å². The number of hydrogen-bond donors (Lipinski definition) is 2. The lowest BCUT2D eigenvalue weighted by atomic mass is 10.1. The first kappa shape index (κ1) is 14.3. The Kier molecular flexibility index (Phi) is 3.85. The zero-order valence-electron chi connectivity index (χ0n) is 13.0. The van der Waals surface area contributed by atoms with E-state index in [9.17, 15) is 0 Å². The summed E-state index contributed by atoms with van der Waals surface area (Å²) in [5.41, 5.74) is 9.05. The highest BCUT2D eigenvalue weighted by molar-refractivity contribution is 5.99. The summed E-state index contributed by atoms with van der Waals surface area (Å²) in [5, 5.41) is 7.86. The summed E-state index contributed by atoms with van der Waals surface area (Å²) in [7, 11) is 4.26. The summed E-state index contributed by atoms with van der Waals surface area (Å²) < 4.78 is 0. The molecule has 0 bridgehead atoms. The predicted molar refractivity (Wildman–Crippen MR) is 86.2 cm³/mol. The van der Waals surface area contributed by atoms with Gasteiger partial charge in [0.15, 0.2) is 0 Å². The summed E-state index contributed by atoms with van der Waals surface area (Å²) in [6.07, 6.45) is 5.79.